The topological polar surface area (TPSA) is 91.8 Å². The third kappa shape index (κ3) is 3.29. The smallest absolute Gasteiger partial charge is 0.335 e. The summed E-state index contributed by atoms with van der Waals surface area (Å²) in [6, 6.07) is 12.2. The second kappa shape index (κ2) is 6.97. The van der Waals surface area contributed by atoms with Gasteiger partial charge in [-0.1, -0.05) is 6.07 Å². The van der Waals surface area contributed by atoms with Crippen LogP contribution in [0.3, 0.4) is 0 Å². The summed E-state index contributed by atoms with van der Waals surface area (Å²) in [5.41, 5.74) is 3.18. The molecule has 0 saturated heterocycles. The summed E-state index contributed by atoms with van der Waals surface area (Å²) >= 11 is 1.41. The number of rotatable bonds is 4. The molecule has 8 heteroatoms. The lowest BCUT2D eigenvalue weighted by molar-refractivity contribution is -0.125. The monoisotopic (exact) mass is 395 g/mol. The molecule has 7 nitrogen and oxygen atoms in total. The van der Waals surface area contributed by atoms with Gasteiger partial charge in [0.1, 0.15) is 5.75 Å². The molecule has 1 amide bonds. The van der Waals surface area contributed by atoms with Crippen molar-refractivity contribution in [3.05, 3.63) is 53.4 Å². The number of carbonyl (C=O) groups excluding carboxylic acids is 1. The highest BCUT2D eigenvalue weighted by Crippen LogP contribution is 2.37. The van der Waals surface area contributed by atoms with Crippen molar-refractivity contribution in [2.75, 3.05) is 17.3 Å². The van der Waals surface area contributed by atoms with Gasteiger partial charge in [-0.25, -0.2) is 9.78 Å². The first-order valence-corrected chi connectivity index (χ1v) is 9.45. The molecule has 0 bridgehead atoms. The minimum Gasteiger partial charge on any atom is -0.479 e. The number of aromatic carboxylic acids is 1. The predicted molar refractivity (Wildman–Crippen MR) is 108 cm³/mol. The Balaban J connectivity index is 1.59. The first-order chi connectivity index (χ1) is 13.4. The van der Waals surface area contributed by atoms with Gasteiger partial charge in [-0.05, 0) is 43.3 Å². The Morgan fingerprint density at radius 2 is 2.11 bits per heavy atom. The molecule has 0 spiro atoms. The number of nitrogens with one attached hydrogen (secondary N) is 1. The quantitative estimate of drug-likeness (QED) is 0.694. The van der Waals surface area contributed by atoms with Crippen LogP contribution in [0.4, 0.5) is 16.5 Å². The molecule has 1 atom stereocenters. The number of carboxylic acid groups (broad SMARTS) is 1. The lowest BCUT2D eigenvalue weighted by Crippen LogP contribution is -2.41. The van der Waals surface area contributed by atoms with E-state index in [4.69, 9.17) is 9.84 Å². The first-order valence-electron chi connectivity index (χ1n) is 8.57. The molecule has 2 heterocycles. The fraction of sp³-hybridized carbons (Fsp3) is 0.150. The summed E-state index contributed by atoms with van der Waals surface area (Å²) in [6.07, 6.45) is -0.500. The number of ether oxygens (including phenoxy) is 1. The number of aromatic nitrogens is 1. The van der Waals surface area contributed by atoms with Gasteiger partial charge >= 0.3 is 5.97 Å². The fourth-order valence-electron chi connectivity index (χ4n) is 2.99. The van der Waals surface area contributed by atoms with Crippen LogP contribution in [0.1, 0.15) is 17.3 Å². The maximum Gasteiger partial charge on any atom is 0.335 e. The number of carboxylic acids is 1. The van der Waals surface area contributed by atoms with E-state index in [0.717, 1.165) is 11.3 Å². The van der Waals surface area contributed by atoms with E-state index in [9.17, 15) is 9.59 Å². The average Bonchev–Trinajstić information content (AvgIpc) is 3.14. The van der Waals surface area contributed by atoms with Crippen molar-refractivity contribution in [3.8, 4) is 17.0 Å². The van der Waals surface area contributed by atoms with Crippen molar-refractivity contribution in [3.63, 3.8) is 0 Å². The van der Waals surface area contributed by atoms with Crippen LogP contribution in [0.15, 0.2) is 47.8 Å². The number of hydrogen-bond acceptors (Lipinski definition) is 6. The van der Waals surface area contributed by atoms with Gasteiger partial charge in [-0.2, -0.15) is 0 Å². The van der Waals surface area contributed by atoms with Crippen LogP contribution in [0, 0.1) is 0 Å². The number of benzene rings is 2. The summed E-state index contributed by atoms with van der Waals surface area (Å²) in [7, 11) is 1.73. The SMILES string of the molecule is CC1Oc2ccc(-c3csc(Nc4cccc(C(=O)O)c4)n3)cc2N(C)C1=O. The van der Waals surface area contributed by atoms with Gasteiger partial charge in [-0.15, -0.1) is 11.3 Å². The van der Waals surface area contributed by atoms with Gasteiger partial charge in [0.05, 0.1) is 16.9 Å². The van der Waals surface area contributed by atoms with Gasteiger partial charge in [0, 0.05) is 23.7 Å². The van der Waals surface area contributed by atoms with Crippen molar-refractivity contribution < 1.29 is 19.4 Å². The summed E-state index contributed by atoms with van der Waals surface area (Å²) in [4.78, 5) is 29.4. The molecule has 1 aromatic heterocycles. The van der Waals surface area contributed by atoms with Crippen LogP contribution in [-0.4, -0.2) is 35.1 Å². The Bertz CT molecular complexity index is 1080. The zero-order valence-corrected chi connectivity index (χ0v) is 16.0. The summed E-state index contributed by atoms with van der Waals surface area (Å²) in [5.74, 6) is -0.409. The summed E-state index contributed by atoms with van der Waals surface area (Å²) in [6.45, 7) is 1.73. The number of hydrogen-bond donors (Lipinski definition) is 2. The maximum absolute atomic E-state index is 12.2. The summed E-state index contributed by atoms with van der Waals surface area (Å²) in [5, 5.41) is 14.8. The number of thiazole rings is 1. The number of amides is 1. The molecule has 3 aromatic rings. The van der Waals surface area contributed by atoms with E-state index in [1.54, 1.807) is 37.1 Å². The predicted octanol–water partition coefficient (Wildman–Crippen LogP) is 4.00. The third-order valence-corrected chi connectivity index (χ3v) is 5.22. The van der Waals surface area contributed by atoms with Crippen molar-refractivity contribution in [1.29, 1.82) is 0 Å². The van der Waals surface area contributed by atoms with Crippen LogP contribution in [-0.2, 0) is 4.79 Å². The zero-order valence-electron chi connectivity index (χ0n) is 15.2. The second-order valence-corrected chi connectivity index (χ2v) is 7.25. The molecule has 0 aliphatic carbocycles. The van der Waals surface area contributed by atoms with E-state index < -0.39 is 12.1 Å². The molecule has 1 aliphatic heterocycles. The molecule has 0 radical (unpaired) electrons. The third-order valence-electron chi connectivity index (χ3n) is 4.46. The fourth-order valence-corrected chi connectivity index (χ4v) is 3.73. The molecule has 0 saturated carbocycles. The molecule has 1 aliphatic rings. The first kappa shape index (κ1) is 18.0. The molecule has 4 rings (SSSR count). The van der Waals surface area contributed by atoms with Gasteiger partial charge in [0.2, 0.25) is 0 Å². The molecule has 0 fully saturated rings. The highest BCUT2D eigenvalue weighted by molar-refractivity contribution is 7.14. The molecule has 2 N–H and O–H groups in total. The maximum atomic E-state index is 12.2. The molecule has 142 valence electrons. The lowest BCUT2D eigenvalue weighted by Gasteiger charge is -2.30. The molecule has 1 unspecified atom stereocenters. The minimum atomic E-state index is -0.979. The van der Waals surface area contributed by atoms with Crippen molar-refractivity contribution in [2.45, 2.75) is 13.0 Å². The van der Waals surface area contributed by atoms with E-state index in [0.29, 0.717) is 22.3 Å². The van der Waals surface area contributed by atoms with Gasteiger partial charge in [0.25, 0.3) is 5.91 Å². The van der Waals surface area contributed by atoms with E-state index in [2.05, 4.69) is 10.3 Å². The number of carbonyl (C=O) groups is 2. The van der Waals surface area contributed by atoms with E-state index in [1.807, 2.05) is 23.6 Å². The van der Waals surface area contributed by atoms with Crippen LogP contribution < -0.4 is 15.0 Å². The lowest BCUT2D eigenvalue weighted by atomic mass is 10.1. The van der Waals surface area contributed by atoms with E-state index in [1.165, 1.54) is 17.4 Å². The molecular weight excluding hydrogens is 378 g/mol. The van der Waals surface area contributed by atoms with Crippen molar-refractivity contribution >= 4 is 39.7 Å². The average molecular weight is 395 g/mol. The Morgan fingerprint density at radius 3 is 2.89 bits per heavy atom. The highest BCUT2D eigenvalue weighted by Gasteiger charge is 2.29. The van der Waals surface area contributed by atoms with Crippen LogP contribution in [0.2, 0.25) is 0 Å². The van der Waals surface area contributed by atoms with Crippen molar-refractivity contribution in [2.24, 2.45) is 0 Å². The number of likely N-dealkylation sites (N-methyl/N-ethyl adjacent to an activating group) is 1. The summed E-state index contributed by atoms with van der Waals surface area (Å²) < 4.78 is 5.65. The molecule has 28 heavy (non-hydrogen) atoms. The Hall–Kier alpha value is -3.39. The Morgan fingerprint density at radius 1 is 1.29 bits per heavy atom. The largest absolute Gasteiger partial charge is 0.479 e. The number of nitrogens with zero attached hydrogens (tertiary/aromatic N) is 2. The van der Waals surface area contributed by atoms with Crippen LogP contribution in [0.25, 0.3) is 11.3 Å². The Kier molecular flexibility index (Phi) is 4.48. The highest BCUT2D eigenvalue weighted by atomic mass is 32.1. The van der Waals surface area contributed by atoms with Gasteiger partial charge in [0.15, 0.2) is 11.2 Å². The Labute approximate surface area is 165 Å². The van der Waals surface area contributed by atoms with Crippen LogP contribution >= 0.6 is 11.3 Å². The van der Waals surface area contributed by atoms with Crippen molar-refractivity contribution in [1.82, 2.24) is 4.98 Å². The van der Waals surface area contributed by atoms with E-state index >= 15 is 0 Å². The number of anilines is 3. The number of fused-ring (bicyclic) bond motifs is 1. The molecule has 2 aromatic carbocycles. The van der Waals surface area contributed by atoms with Gasteiger partial charge in [-0.3, -0.25) is 4.79 Å². The zero-order chi connectivity index (χ0) is 19.8. The van der Waals surface area contributed by atoms with Crippen LogP contribution in [0.5, 0.6) is 5.75 Å². The van der Waals surface area contributed by atoms with Gasteiger partial charge < -0.3 is 20.1 Å². The molecular formula is C20H17N3O4S. The normalized spacial score (nSPS) is 15.7. The van der Waals surface area contributed by atoms with E-state index in [-0.39, 0.29) is 11.5 Å². The standard InChI is InChI=1S/C20H17N3O4S/c1-11-18(24)23(2)16-9-12(6-7-17(16)27-11)15-10-28-20(22-15)21-14-5-3-4-13(8-14)19(25)26/h3-11H,1-2H3,(H,21,22)(H,25,26). The minimum absolute atomic E-state index is 0.0939. The second-order valence-electron chi connectivity index (χ2n) is 6.39.